The summed E-state index contributed by atoms with van der Waals surface area (Å²) in [5.74, 6) is 0. The van der Waals surface area contributed by atoms with Crippen molar-refractivity contribution in [3.05, 3.63) is 35.4 Å². The highest BCUT2D eigenvalue weighted by molar-refractivity contribution is 5.26. The Hall–Kier alpha value is -0.960. The SMILES string of the molecule is CC(C)(C)C(N)c1ccc(C(F)F)cc1. The van der Waals surface area contributed by atoms with Crippen LogP contribution < -0.4 is 5.73 Å². The minimum atomic E-state index is -2.41. The Labute approximate surface area is 89.3 Å². The number of benzene rings is 1. The summed E-state index contributed by atoms with van der Waals surface area (Å²) in [6, 6.07) is 6.09. The van der Waals surface area contributed by atoms with E-state index in [0.29, 0.717) is 0 Å². The number of nitrogens with two attached hydrogens (primary N) is 1. The van der Waals surface area contributed by atoms with E-state index in [4.69, 9.17) is 5.73 Å². The van der Waals surface area contributed by atoms with Crippen molar-refractivity contribution in [3.63, 3.8) is 0 Å². The molecule has 1 unspecified atom stereocenters. The van der Waals surface area contributed by atoms with Crippen LogP contribution in [0.1, 0.15) is 44.4 Å². The summed E-state index contributed by atoms with van der Waals surface area (Å²) in [5.41, 5.74) is 6.88. The summed E-state index contributed by atoms with van der Waals surface area (Å²) < 4.78 is 24.6. The molecule has 1 atom stereocenters. The molecule has 0 saturated heterocycles. The maximum atomic E-state index is 12.3. The molecule has 0 radical (unpaired) electrons. The topological polar surface area (TPSA) is 26.0 Å². The zero-order chi connectivity index (χ0) is 11.6. The number of rotatable bonds is 2. The second-order valence-electron chi connectivity index (χ2n) is 4.81. The van der Waals surface area contributed by atoms with Crippen molar-refractivity contribution in [1.29, 1.82) is 0 Å². The van der Waals surface area contributed by atoms with Crippen LogP contribution >= 0.6 is 0 Å². The summed E-state index contributed by atoms with van der Waals surface area (Å²) in [6.07, 6.45) is -2.41. The van der Waals surface area contributed by atoms with E-state index in [1.165, 1.54) is 12.1 Å². The highest BCUT2D eigenvalue weighted by Gasteiger charge is 2.22. The fourth-order valence-corrected chi connectivity index (χ4v) is 1.35. The van der Waals surface area contributed by atoms with E-state index in [9.17, 15) is 8.78 Å². The lowest BCUT2D eigenvalue weighted by Gasteiger charge is -2.27. The summed E-state index contributed by atoms with van der Waals surface area (Å²) in [4.78, 5) is 0. The van der Waals surface area contributed by atoms with E-state index < -0.39 is 6.43 Å². The Morgan fingerprint density at radius 1 is 1.00 bits per heavy atom. The summed E-state index contributed by atoms with van der Waals surface area (Å²) in [6.45, 7) is 6.08. The largest absolute Gasteiger partial charge is 0.324 e. The lowest BCUT2D eigenvalue weighted by molar-refractivity contribution is 0.151. The van der Waals surface area contributed by atoms with Gasteiger partial charge in [0.1, 0.15) is 0 Å². The number of hydrogen-bond donors (Lipinski definition) is 1. The van der Waals surface area contributed by atoms with E-state index >= 15 is 0 Å². The van der Waals surface area contributed by atoms with Gasteiger partial charge in [-0.3, -0.25) is 0 Å². The standard InChI is InChI=1S/C12H17F2N/c1-12(2,3)10(15)8-4-6-9(7-5-8)11(13)14/h4-7,10-11H,15H2,1-3H3. The van der Waals surface area contributed by atoms with Gasteiger partial charge in [-0.15, -0.1) is 0 Å². The molecule has 0 amide bonds. The van der Waals surface area contributed by atoms with Gasteiger partial charge >= 0.3 is 0 Å². The highest BCUT2D eigenvalue weighted by Crippen LogP contribution is 2.31. The van der Waals surface area contributed by atoms with Gasteiger partial charge < -0.3 is 5.73 Å². The van der Waals surface area contributed by atoms with Crippen LogP contribution in [-0.2, 0) is 0 Å². The van der Waals surface area contributed by atoms with E-state index in [1.54, 1.807) is 12.1 Å². The van der Waals surface area contributed by atoms with Crippen LogP contribution in [0, 0.1) is 5.41 Å². The lowest BCUT2D eigenvalue weighted by Crippen LogP contribution is -2.26. The van der Waals surface area contributed by atoms with E-state index in [-0.39, 0.29) is 17.0 Å². The Kier molecular flexibility index (Phi) is 3.45. The molecule has 1 aromatic carbocycles. The Morgan fingerprint density at radius 2 is 1.40 bits per heavy atom. The molecule has 2 N–H and O–H groups in total. The van der Waals surface area contributed by atoms with E-state index in [1.807, 2.05) is 20.8 Å². The van der Waals surface area contributed by atoms with Gasteiger partial charge in [0.05, 0.1) is 0 Å². The third-order valence-corrected chi connectivity index (χ3v) is 2.48. The third-order valence-electron chi connectivity index (χ3n) is 2.48. The average Bonchev–Trinajstić information content (AvgIpc) is 2.15. The van der Waals surface area contributed by atoms with Crippen molar-refractivity contribution < 1.29 is 8.78 Å². The summed E-state index contributed by atoms with van der Waals surface area (Å²) in [5, 5.41) is 0. The van der Waals surface area contributed by atoms with Crippen LogP contribution in [0.15, 0.2) is 24.3 Å². The van der Waals surface area contributed by atoms with Gasteiger partial charge in [0.2, 0.25) is 0 Å². The molecule has 0 aliphatic rings. The van der Waals surface area contributed by atoms with Gasteiger partial charge in [-0.1, -0.05) is 45.0 Å². The van der Waals surface area contributed by atoms with Gasteiger partial charge in [-0.2, -0.15) is 0 Å². The first-order chi connectivity index (χ1) is 6.82. The highest BCUT2D eigenvalue weighted by atomic mass is 19.3. The van der Waals surface area contributed by atoms with Crippen LogP contribution in [0.2, 0.25) is 0 Å². The van der Waals surface area contributed by atoms with Gasteiger partial charge in [0.25, 0.3) is 6.43 Å². The zero-order valence-corrected chi connectivity index (χ0v) is 9.30. The maximum absolute atomic E-state index is 12.3. The van der Waals surface area contributed by atoms with Gasteiger partial charge in [0.15, 0.2) is 0 Å². The first-order valence-electron chi connectivity index (χ1n) is 4.96. The smallest absolute Gasteiger partial charge is 0.263 e. The van der Waals surface area contributed by atoms with Crippen LogP contribution in [0.25, 0.3) is 0 Å². The minimum Gasteiger partial charge on any atom is -0.324 e. The molecule has 84 valence electrons. The van der Waals surface area contributed by atoms with Crippen molar-refractivity contribution >= 4 is 0 Å². The predicted molar refractivity (Wildman–Crippen MR) is 57.8 cm³/mol. The molecule has 0 spiro atoms. The fraction of sp³-hybridized carbons (Fsp3) is 0.500. The van der Waals surface area contributed by atoms with Gasteiger partial charge in [0, 0.05) is 11.6 Å². The molecule has 1 aromatic rings. The van der Waals surface area contributed by atoms with Gasteiger partial charge in [-0.25, -0.2) is 8.78 Å². The Morgan fingerprint density at radius 3 is 1.73 bits per heavy atom. The van der Waals surface area contributed by atoms with Crippen LogP contribution in [0.3, 0.4) is 0 Å². The number of halogens is 2. The third kappa shape index (κ3) is 2.99. The van der Waals surface area contributed by atoms with Crippen molar-refractivity contribution in [3.8, 4) is 0 Å². The van der Waals surface area contributed by atoms with E-state index in [0.717, 1.165) is 5.56 Å². The molecule has 1 nitrogen and oxygen atoms in total. The quantitative estimate of drug-likeness (QED) is 0.797. The lowest BCUT2D eigenvalue weighted by atomic mass is 9.83. The van der Waals surface area contributed by atoms with Crippen molar-refractivity contribution in [2.45, 2.75) is 33.2 Å². The molecule has 0 aliphatic heterocycles. The van der Waals surface area contributed by atoms with Crippen LogP contribution in [-0.4, -0.2) is 0 Å². The van der Waals surface area contributed by atoms with E-state index in [2.05, 4.69) is 0 Å². The molecule has 0 aliphatic carbocycles. The van der Waals surface area contributed by atoms with Crippen LogP contribution in [0.4, 0.5) is 8.78 Å². The molecule has 0 aromatic heterocycles. The molecule has 0 bridgehead atoms. The normalized spacial score (nSPS) is 14.3. The van der Waals surface area contributed by atoms with Crippen molar-refractivity contribution in [2.24, 2.45) is 11.1 Å². The number of alkyl halides is 2. The molecule has 15 heavy (non-hydrogen) atoms. The molecule has 0 fully saturated rings. The monoisotopic (exact) mass is 213 g/mol. The first kappa shape index (κ1) is 12.1. The second-order valence-corrected chi connectivity index (χ2v) is 4.81. The van der Waals surface area contributed by atoms with Crippen LogP contribution in [0.5, 0.6) is 0 Å². The molecule has 3 heteroatoms. The minimum absolute atomic E-state index is 0.0415. The summed E-state index contributed by atoms with van der Waals surface area (Å²) in [7, 11) is 0. The average molecular weight is 213 g/mol. The Balaban J connectivity index is 2.89. The first-order valence-corrected chi connectivity index (χ1v) is 4.96. The van der Waals surface area contributed by atoms with Gasteiger partial charge in [-0.05, 0) is 11.0 Å². The fourth-order valence-electron chi connectivity index (χ4n) is 1.35. The summed E-state index contributed by atoms with van der Waals surface area (Å²) >= 11 is 0. The second kappa shape index (κ2) is 4.27. The molecule has 1 rings (SSSR count). The molecule has 0 saturated carbocycles. The zero-order valence-electron chi connectivity index (χ0n) is 9.30. The Bertz CT molecular complexity index is 311. The maximum Gasteiger partial charge on any atom is 0.263 e. The van der Waals surface area contributed by atoms with Crippen molar-refractivity contribution in [1.82, 2.24) is 0 Å². The predicted octanol–water partition coefficient (Wildman–Crippen LogP) is 3.67. The molecular formula is C12H17F2N. The molecule has 0 heterocycles. The number of hydrogen-bond acceptors (Lipinski definition) is 1. The van der Waals surface area contributed by atoms with Crippen molar-refractivity contribution in [2.75, 3.05) is 0 Å². The molecular weight excluding hydrogens is 196 g/mol.